The van der Waals surface area contributed by atoms with Crippen molar-refractivity contribution < 1.29 is 9.47 Å². The van der Waals surface area contributed by atoms with E-state index >= 15 is 0 Å². The van der Waals surface area contributed by atoms with Gasteiger partial charge in [0.1, 0.15) is 0 Å². The van der Waals surface area contributed by atoms with Gasteiger partial charge >= 0.3 is 0 Å². The van der Waals surface area contributed by atoms with E-state index in [1.165, 1.54) is 57.8 Å². The van der Waals surface area contributed by atoms with Gasteiger partial charge in [-0.2, -0.15) is 0 Å². The van der Waals surface area contributed by atoms with E-state index in [9.17, 15) is 0 Å². The predicted molar refractivity (Wildman–Crippen MR) is 99.5 cm³/mol. The van der Waals surface area contributed by atoms with Crippen LogP contribution in [0.1, 0.15) is 74.8 Å². The molecule has 5 atom stereocenters. The molecule has 0 radical (unpaired) electrons. The van der Waals surface area contributed by atoms with Crippen LogP contribution in [-0.4, -0.2) is 19.5 Å². The Labute approximate surface area is 152 Å². The molecule has 2 heteroatoms. The van der Waals surface area contributed by atoms with Crippen molar-refractivity contribution >= 4 is 0 Å². The van der Waals surface area contributed by atoms with Crippen LogP contribution in [0, 0.1) is 17.3 Å². The number of fused-ring (bicyclic) bond motifs is 5. The lowest BCUT2D eigenvalue weighted by Crippen LogP contribution is -2.44. The highest BCUT2D eigenvalue weighted by molar-refractivity contribution is 5.34. The van der Waals surface area contributed by atoms with Crippen molar-refractivity contribution in [1.29, 1.82) is 0 Å². The van der Waals surface area contributed by atoms with Crippen molar-refractivity contribution in [2.45, 2.75) is 76.4 Å². The normalized spacial score (nSPS) is 40.2. The van der Waals surface area contributed by atoms with Crippen LogP contribution in [0.15, 0.2) is 24.3 Å². The molecule has 0 spiro atoms. The Morgan fingerprint density at radius 3 is 2.88 bits per heavy atom. The van der Waals surface area contributed by atoms with Crippen LogP contribution in [0.4, 0.5) is 0 Å². The summed E-state index contributed by atoms with van der Waals surface area (Å²) in [5.41, 5.74) is 3.76. The van der Waals surface area contributed by atoms with E-state index < -0.39 is 0 Å². The van der Waals surface area contributed by atoms with Gasteiger partial charge in [-0.3, -0.25) is 0 Å². The van der Waals surface area contributed by atoms with Crippen LogP contribution in [0.2, 0.25) is 0 Å². The monoisotopic (exact) mass is 340 g/mol. The first-order valence-electron chi connectivity index (χ1n) is 10.7. The van der Waals surface area contributed by atoms with Gasteiger partial charge in [-0.25, -0.2) is 0 Å². The fourth-order valence-corrected chi connectivity index (χ4v) is 6.67. The zero-order chi connectivity index (χ0) is 16.7. The second kappa shape index (κ2) is 6.70. The molecule has 2 saturated carbocycles. The van der Waals surface area contributed by atoms with Gasteiger partial charge in [-0.1, -0.05) is 30.7 Å². The van der Waals surface area contributed by atoms with Crippen molar-refractivity contribution in [2.75, 3.05) is 13.2 Å². The second-order valence-corrected chi connectivity index (χ2v) is 9.01. The van der Waals surface area contributed by atoms with Gasteiger partial charge in [-0.05, 0) is 92.1 Å². The van der Waals surface area contributed by atoms with E-state index in [1.807, 2.05) is 0 Å². The Morgan fingerprint density at radius 2 is 1.96 bits per heavy atom. The molecule has 1 saturated heterocycles. The van der Waals surface area contributed by atoms with Crippen molar-refractivity contribution in [1.82, 2.24) is 0 Å². The Balaban J connectivity index is 1.34. The lowest BCUT2D eigenvalue weighted by Gasteiger charge is -2.50. The van der Waals surface area contributed by atoms with E-state index in [4.69, 9.17) is 9.47 Å². The zero-order valence-corrected chi connectivity index (χ0v) is 15.4. The summed E-state index contributed by atoms with van der Waals surface area (Å²) in [6.07, 6.45) is 13.3. The van der Waals surface area contributed by atoms with Gasteiger partial charge in [-0.15, -0.1) is 0 Å². The molecule has 1 unspecified atom stereocenters. The summed E-state index contributed by atoms with van der Waals surface area (Å²) in [4.78, 5) is 0. The van der Waals surface area contributed by atoms with Crippen molar-refractivity contribution in [2.24, 2.45) is 17.3 Å². The largest absolute Gasteiger partial charge is 0.353 e. The van der Waals surface area contributed by atoms with Crippen molar-refractivity contribution in [3.63, 3.8) is 0 Å². The van der Waals surface area contributed by atoms with E-state index in [0.29, 0.717) is 5.41 Å². The summed E-state index contributed by atoms with van der Waals surface area (Å²) in [6.45, 7) is 1.84. The molecule has 25 heavy (non-hydrogen) atoms. The van der Waals surface area contributed by atoms with Crippen LogP contribution in [0.3, 0.4) is 0 Å². The summed E-state index contributed by atoms with van der Waals surface area (Å²) in [7, 11) is 0. The highest BCUT2D eigenvalue weighted by Gasteiger charge is 2.53. The van der Waals surface area contributed by atoms with Gasteiger partial charge < -0.3 is 9.47 Å². The minimum atomic E-state index is 0.0779. The highest BCUT2D eigenvalue weighted by Crippen LogP contribution is 2.61. The molecule has 0 amide bonds. The SMILES string of the molecule is c1ccc2c(c1)CC[C@@H]1[C@@H]2CC[C@]2(COC3CCCCO3)CCC[C@@H]12. The second-order valence-electron chi connectivity index (χ2n) is 9.01. The third-order valence-corrected chi connectivity index (χ3v) is 7.86. The van der Waals surface area contributed by atoms with Gasteiger partial charge in [0.05, 0.1) is 6.61 Å². The van der Waals surface area contributed by atoms with Crippen LogP contribution < -0.4 is 0 Å². The standard InChI is InChI=1S/C23H32O2/c1-2-7-18-17(6-1)10-11-20-19(18)12-14-23(13-5-8-21(20)23)16-25-22-9-3-4-15-24-22/h1-2,6-7,19-22H,3-5,8-16H2/t19-,20-,21+,22?,23+/m1/s1. The Morgan fingerprint density at radius 1 is 1.00 bits per heavy atom. The minimum absolute atomic E-state index is 0.0779. The summed E-state index contributed by atoms with van der Waals surface area (Å²) >= 11 is 0. The number of hydrogen-bond acceptors (Lipinski definition) is 2. The molecule has 0 aromatic heterocycles. The predicted octanol–water partition coefficient (Wildman–Crippen LogP) is 5.46. The summed E-state index contributed by atoms with van der Waals surface area (Å²) in [6, 6.07) is 9.26. The van der Waals surface area contributed by atoms with Gasteiger partial charge in [0.15, 0.2) is 6.29 Å². The molecular formula is C23H32O2. The quantitative estimate of drug-likeness (QED) is 0.728. The van der Waals surface area contributed by atoms with Crippen molar-refractivity contribution in [3.8, 4) is 0 Å². The van der Waals surface area contributed by atoms with Crippen LogP contribution in [0.25, 0.3) is 0 Å². The molecule has 2 nitrogen and oxygen atoms in total. The first-order chi connectivity index (χ1) is 12.4. The van der Waals surface area contributed by atoms with E-state index in [1.54, 1.807) is 11.1 Å². The van der Waals surface area contributed by atoms with E-state index in [0.717, 1.165) is 37.4 Å². The molecular weight excluding hydrogens is 308 g/mol. The molecule has 3 fully saturated rings. The molecule has 0 N–H and O–H groups in total. The molecule has 0 bridgehead atoms. The van der Waals surface area contributed by atoms with Gasteiger partial charge in [0.2, 0.25) is 0 Å². The summed E-state index contributed by atoms with van der Waals surface area (Å²) < 4.78 is 12.2. The lowest BCUT2D eigenvalue weighted by atomic mass is 9.55. The molecule has 1 aromatic rings. The van der Waals surface area contributed by atoms with Crippen molar-refractivity contribution in [3.05, 3.63) is 35.4 Å². The number of benzene rings is 1. The fourth-order valence-electron chi connectivity index (χ4n) is 6.67. The van der Waals surface area contributed by atoms with Crippen LogP contribution in [-0.2, 0) is 15.9 Å². The first kappa shape index (κ1) is 16.3. The summed E-state index contributed by atoms with van der Waals surface area (Å²) in [5, 5.41) is 0. The Hall–Kier alpha value is -0.860. The Bertz CT molecular complexity index is 606. The highest BCUT2D eigenvalue weighted by atomic mass is 16.7. The Kier molecular flexibility index (Phi) is 4.38. The number of aryl methyl sites for hydroxylation is 1. The number of hydrogen-bond donors (Lipinski definition) is 0. The molecule has 1 aromatic carbocycles. The third kappa shape index (κ3) is 2.86. The fraction of sp³-hybridized carbons (Fsp3) is 0.739. The average molecular weight is 341 g/mol. The topological polar surface area (TPSA) is 18.5 Å². The minimum Gasteiger partial charge on any atom is -0.353 e. The van der Waals surface area contributed by atoms with E-state index in [-0.39, 0.29) is 6.29 Å². The van der Waals surface area contributed by atoms with Gasteiger partial charge in [0, 0.05) is 6.61 Å². The first-order valence-corrected chi connectivity index (χ1v) is 10.7. The number of rotatable bonds is 3. The van der Waals surface area contributed by atoms with E-state index in [2.05, 4.69) is 24.3 Å². The maximum absolute atomic E-state index is 6.35. The molecule has 136 valence electrons. The zero-order valence-electron chi connectivity index (χ0n) is 15.4. The lowest BCUT2D eigenvalue weighted by molar-refractivity contribution is -0.188. The maximum Gasteiger partial charge on any atom is 0.157 e. The van der Waals surface area contributed by atoms with Gasteiger partial charge in [0.25, 0.3) is 0 Å². The molecule has 1 aliphatic heterocycles. The molecule has 1 heterocycles. The number of ether oxygens (including phenoxy) is 2. The maximum atomic E-state index is 6.35. The summed E-state index contributed by atoms with van der Waals surface area (Å²) in [5.74, 6) is 2.58. The molecule has 4 aliphatic rings. The van der Waals surface area contributed by atoms with Crippen LogP contribution in [0.5, 0.6) is 0 Å². The van der Waals surface area contributed by atoms with Crippen LogP contribution >= 0.6 is 0 Å². The third-order valence-electron chi connectivity index (χ3n) is 7.86. The molecule has 3 aliphatic carbocycles. The molecule has 5 rings (SSSR count). The average Bonchev–Trinajstić information content (AvgIpc) is 3.11. The smallest absolute Gasteiger partial charge is 0.157 e.